The number of benzene rings is 1. The van der Waals surface area contributed by atoms with Gasteiger partial charge in [-0.2, -0.15) is 0 Å². The first-order valence-corrected chi connectivity index (χ1v) is 7.57. The van der Waals surface area contributed by atoms with Crippen molar-refractivity contribution < 1.29 is 9.13 Å². The molecule has 0 spiro atoms. The smallest absolute Gasteiger partial charge is 0.187 e. The van der Waals surface area contributed by atoms with Gasteiger partial charge in [0.1, 0.15) is 6.33 Å². The number of aryl methyl sites for hydroxylation is 2. The second-order valence-corrected chi connectivity index (χ2v) is 5.73. The molecule has 0 unspecified atom stereocenters. The molecule has 2 heterocycles. The van der Waals surface area contributed by atoms with Crippen molar-refractivity contribution in [2.45, 2.75) is 32.6 Å². The van der Waals surface area contributed by atoms with E-state index in [4.69, 9.17) is 4.74 Å². The van der Waals surface area contributed by atoms with Gasteiger partial charge in [-0.3, -0.25) is 0 Å². The number of anilines is 2. The van der Waals surface area contributed by atoms with Crippen molar-refractivity contribution in [3.05, 3.63) is 47.2 Å². The van der Waals surface area contributed by atoms with Crippen molar-refractivity contribution in [2.75, 3.05) is 18.5 Å². The zero-order valence-electron chi connectivity index (χ0n) is 12.9. The molecule has 1 N–H and O–H groups in total. The van der Waals surface area contributed by atoms with E-state index in [1.807, 2.05) is 32.0 Å². The highest BCUT2D eigenvalue weighted by atomic mass is 19.1. The molecule has 3 rings (SSSR count). The van der Waals surface area contributed by atoms with E-state index < -0.39 is 0 Å². The van der Waals surface area contributed by atoms with Gasteiger partial charge in [-0.15, -0.1) is 0 Å². The van der Waals surface area contributed by atoms with Gasteiger partial charge in [0.25, 0.3) is 0 Å². The van der Waals surface area contributed by atoms with E-state index >= 15 is 0 Å². The van der Waals surface area contributed by atoms with Gasteiger partial charge < -0.3 is 10.1 Å². The topological polar surface area (TPSA) is 47.0 Å². The Hall–Kier alpha value is -2.01. The van der Waals surface area contributed by atoms with Crippen LogP contribution in [0.5, 0.6) is 0 Å². The summed E-state index contributed by atoms with van der Waals surface area (Å²) in [6.45, 7) is 5.40. The summed E-state index contributed by atoms with van der Waals surface area (Å²) < 4.78 is 20.0. The molecule has 1 aliphatic heterocycles. The Morgan fingerprint density at radius 1 is 1.14 bits per heavy atom. The lowest BCUT2D eigenvalue weighted by molar-refractivity contribution is 0.0837. The molecule has 22 heavy (non-hydrogen) atoms. The average molecular weight is 301 g/mol. The Morgan fingerprint density at radius 2 is 1.91 bits per heavy atom. The summed E-state index contributed by atoms with van der Waals surface area (Å²) in [6.07, 6.45) is 3.03. The summed E-state index contributed by atoms with van der Waals surface area (Å²) in [5.74, 6) is -0.00979. The van der Waals surface area contributed by atoms with Crippen LogP contribution in [0.15, 0.2) is 24.5 Å². The predicted octanol–water partition coefficient (Wildman–Crippen LogP) is 3.87. The molecular weight excluding hydrogens is 281 g/mol. The second-order valence-electron chi connectivity index (χ2n) is 5.73. The maximum absolute atomic E-state index is 14.7. The van der Waals surface area contributed by atoms with Gasteiger partial charge >= 0.3 is 0 Å². The molecule has 2 aromatic rings. The molecule has 1 fully saturated rings. The highest BCUT2D eigenvalue weighted by molar-refractivity contribution is 5.58. The lowest BCUT2D eigenvalue weighted by Gasteiger charge is -2.22. The lowest BCUT2D eigenvalue weighted by atomic mass is 9.96. The Kier molecular flexibility index (Phi) is 4.34. The first-order valence-electron chi connectivity index (χ1n) is 7.57. The Balaban J connectivity index is 1.86. The largest absolute Gasteiger partial charge is 0.381 e. The van der Waals surface area contributed by atoms with Crippen LogP contribution in [0.3, 0.4) is 0 Å². The summed E-state index contributed by atoms with van der Waals surface area (Å²) in [5.41, 5.74) is 3.68. The maximum atomic E-state index is 14.7. The lowest BCUT2D eigenvalue weighted by Crippen LogP contribution is -2.17. The van der Waals surface area contributed by atoms with Crippen LogP contribution in [0.1, 0.15) is 35.6 Å². The van der Waals surface area contributed by atoms with Crippen LogP contribution in [-0.4, -0.2) is 23.2 Å². The third-order valence-corrected chi connectivity index (χ3v) is 4.19. The minimum Gasteiger partial charge on any atom is -0.381 e. The monoisotopic (exact) mass is 301 g/mol. The van der Waals surface area contributed by atoms with Crippen LogP contribution < -0.4 is 5.32 Å². The number of hydrogen-bond donors (Lipinski definition) is 1. The minimum absolute atomic E-state index is 0.108. The zero-order chi connectivity index (χ0) is 15.5. The minimum atomic E-state index is -0.354. The van der Waals surface area contributed by atoms with E-state index in [1.165, 1.54) is 11.9 Å². The van der Waals surface area contributed by atoms with Gasteiger partial charge in [-0.05, 0) is 49.9 Å². The van der Waals surface area contributed by atoms with Gasteiger partial charge in [-0.25, -0.2) is 14.4 Å². The number of nitrogens with zero attached hydrogens (tertiary/aromatic N) is 2. The van der Waals surface area contributed by atoms with E-state index in [1.54, 1.807) is 0 Å². The van der Waals surface area contributed by atoms with Gasteiger partial charge in [0.2, 0.25) is 0 Å². The summed E-state index contributed by atoms with van der Waals surface area (Å²) in [4.78, 5) is 8.21. The third kappa shape index (κ3) is 3.09. The summed E-state index contributed by atoms with van der Waals surface area (Å²) in [7, 11) is 0. The molecule has 1 aromatic heterocycles. The Bertz CT molecular complexity index is 669. The van der Waals surface area contributed by atoms with Crippen molar-refractivity contribution >= 4 is 11.5 Å². The standard InChI is InChI=1S/C17H20FN3O/c1-11-3-4-14(9-12(11)2)21-17-15(18)16(19-10-20-17)13-5-7-22-8-6-13/h3-4,9-10,13H,5-8H2,1-2H3,(H,19,20,21). The van der Waals surface area contributed by atoms with Crippen LogP contribution in [0.2, 0.25) is 0 Å². The predicted molar refractivity (Wildman–Crippen MR) is 84.0 cm³/mol. The molecule has 0 bridgehead atoms. The molecule has 5 heteroatoms. The molecule has 4 nitrogen and oxygen atoms in total. The van der Waals surface area contributed by atoms with Gasteiger partial charge in [0.05, 0.1) is 5.69 Å². The van der Waals surface area contributed by atoms with E-state index in [0.717, 1.165) is 24.1 Å². The van der Waals surface area contributed by atoms with Crippen LogP contribution >= 0.6 is 0 Å². The number of aromatic nitrogens is 2. The fourth-order valence-electron chi connectivity index (χ4n) is 2.68. The molecule has 0 aliphatic carbocycles. The van der Waals surface area contributed by atoms with Crippen LogP contribution in [0.4, 0.5) is 15.9 Å². The Labute approximate surface area is 129 Å². The molecule has 1 saturated heterocycles. The second kappa shape index (κ2) is 6.40. The molecule has 1 aliphatic rings. The van der Waals surface area contributed by atoms with Gasteiger partial charge in [0.15, 0.2) is 11.6 Å². The van der Waals surface area contributed by atoms with E-state index in [9.17, 15) is 4.39 Å². The number of hydrogen-bond acceptors (Lipinski definition) is 4. The van der Waals surface area contributed by atoms with Gasteiger partial charge in [0, 0.05) is 24.8 Å². The first kappa shape index (κ1) is 14.9. The highest BCUT2D eigenvalue weighted by Crippen LogP contribution is 2.30. The molecular formula is C17H20FN3O. The summed E-state index contributed by atoms with van der Waals surface area (Å²) >= 11 is 0. The molecule has 0 amide bonds. The summed E-state index contributed by atoms with van der Waals surface area (Å²) in [5, 5.41) is 3.06. The van der Waals surface area contributed by atoms with E-state index in [2.05, 4.69) is 15.3 Å². The fourth-order valence-corrected chi connectivity index (χ4v) is 2.68. The molecule has 0 atom stereocenters. The number of ether oxygens (including phenoxy) is 1. The van der Waals surface area contributed by atoms with Crippen molar-refractivity contribution in [2.24, 2.45) is 0 Å². The highest BCUT2D eigenvalue weighted by Gasteiger charge is 2.23. The van der Waals surface area contributed by atoms with Crippen molar-refractivity contribution in [3.8, 4) is 0 Å². The number of rotatable bonds is 3. The maximum Gasteiger partial charge on any atom is 0.187 e. The number of nitrogens with one attached hydrogen (secondary N) is 1. The quantitative estimate of drug-likeness (QED) is 0.935. The van der Waals surface area contributed by atoms with E-state index in [-0.39, 0.29) is 17.6 Å². The van der Waals surface area contributed by atoms with Gasteiger partial charge in [-0.1, -0.05) is 6.07 Å². The van der Waals surface area contributed by atoms with Crippen LogP contribution in [0, 0.1) is 19.7 Å². The zero-order valence-corrected chi connectivity index (χ0v) is 12.9. The fraction of sp³-hybridized carbons (Fsp3) is 0.412. The molecule has 116 valence electrons. The molecule has 0 radical (unpaired) electrons. The SMILES string of the molecule is Cc1ccc(Nc2ncnc(C3CCOCC3)c2F)cc1C. The molecule has 1 aromatic carbocycles. The normalized spacial score (nSPS) is 15.8. The number of halogens is 1. The summed E-state index contributed by atoms with van der Waals surface area (Å²) in [6, 6.07) is 5.93. The molecule has 0 saturated carbocycles. The van der Waals surface area contributed by atoms with Crippen molar-refractivity contribution in [1.82, 2.24) is 9.97 Å². The van der Waals surface area contributed by atoms with Crippen LogP contribution in [-0.2, 0) is 4.74 Å². The van der Waals surface area contributed by atoms with E-state index in [0.29, 0.717) is 18.9 Å². The van der Waals surface area contributed by atoms with Crippen LogP contribution in [0.25, 0.3) is 0 Å². The average Bonchev–Trinajstić information content (AvgIpc) is 2.54. The Morgan fingerprint density at radius 3 is 2.64 bits per heavy atom. The third-order valence-electron chi connectivity index (χ3n) is 4.19. The first-order chi connectivity index (χ1) is 10.6. The van der Waals surface area contributed by atoms with Crippen molar-refractivity contribution in [1.29, 1.82) is 0 Å². The van der Waals surface area contributed by atoms with Crippen molar-refractivity contribution in [3.63, 3.8) is 0 Å².